The van der Waals surface area contributed by atoms with Gasteiger partial charge < -0.3 is 19.7 Å². The molecule has 0 spiro atoms. The third kappa shape index (κ3) is 2.61. The first-order chi connectivity index (χ1) is 12.9. The van der Waals surface area contributed by atoms with Crippen LogP contribution in [0.3, 0.4) is 0 Å². The lowest BCUT2D eigenvalue weighted by atomic mass is 9.86. The Morgan fingerprint density at radius 3 is 2.11 bits per heavy atom. The van der Waals surface area contributed by atoms with Gasteiger partial charge in [0.15, 0.2) is 0 Å². The standard InChI is InChI=1S/C15H16N4O8/c20-5-15-6-26-11(18-3-1-7(21)16-13(18)24)9(10(15)23)12(27-15)19-4-2-8(22)17-14(19)25/h1-4,9-12,20,23H,5-6H2,(H,16,21,24)(H,17,22,25)/t9-,10-,11?,12+,15-/m0/s1. The van der Waals surface area contributed by atoms with Crippen molar-refractivity contribution in [1.29, 1.82) is 0 Å². The molecule has 2 bridgehead atoms. The number of rotatable bonds is 3. The van der Waals surface area contributed by atoms with Crippen molar-refractivity contribution >= 4 is 0 Å². The fourth-order valence-electron chi connectivity index (χ4n) is 3.59. The highest BCUT2D eigenvalue weighted by molar-refractivity contribution is 5.06. The zero-order valence-electron chi connectivity index (χ0n) is 13.8. The Bertz CT molecular complexity index is 1100. The van der Waals surface area contributed by atoms with Crippen molar-refractivity contribution in [3.8, 4) is 0 Å². The molecule has 0 amide bonds. The second-order valence-corrected chi connectivity index (χ2v) is 6.49. The Hall–Kier alpha value is -2.80. The number of hydrogen-bond donors (Lipinski definition) is 4. The SMILES string of the molecule is O=c1ccn(C2OC[C@]3(CO)O[C@@H](n4ccc(=O)[nH]c4=O)[C@H]2[C@@H]3O)c(=O)[nH]1. The van der Waals surface area contributed by atoms with Gasteiger partial charge in [-0.3, -0.25) is 28.7 Å². The Morgan fingerprint density at radius 2 is 1.59 bits per heavy atom. The molecule has 27 heavy (non-hydrogen) atoms. The summed E-state index contributed by atoms with van der Waals surface area (Å²) in [6, 6.07) is 2.22. The van der Waals surface area contributed by atoms with E-state index in [4.69, 9.17) is 9.47 Å². The molecule has 1 unspecified atom stereocenters. The van der Waals surface area contributed by atoms with Gasteiger partial charge in [-0.1, -0.05) is 0 Å². The summed E-state index contributed by atoms with van der Waals surface area (Å²) < 4.78 is 13.6. The van der Waals surface area contributed by atoms with Crippen LogP contribution in [0.15, 0.2) is 43.7 Å². The van der Waals surface area contributed by atoms with Crippen LogP contribution in [0.2, 0.25) is 0 Å². The first-order valence-corrected chi connectivity index (χ1v) is 8.07. The third-order valence-electron chi connectivity index (χ3n) is 4.93. The van der Waals surface area contributed by atoms with E-state index in [0.717, 1.165) is 21.3 Å². The average molecular weight is 380 g/mol. The van der Waals surface area contributed by atoms with E-state index >= 15 is 0 Å². The van der Waals surface area contributed by atoms with Crippen molar-refractivity contribution in [2.24, 2.45) is 5.92 Å². The van der Waals surface area contributed by atoms with Gasteiger partial charge >= 0.3 is 11.4 Å². The highest BCUT2D eigenvalue weighted by atomic mass is 16.6. The number of aliphatic hydroxyl groups excluding tert-OH is 2. The summed E-state index contributed by atoms with van der Waals surface area (Å²) in [5, 5.41) is 20.5. The molecule has 0 aliphatic carbocycles. The quantitative estimate of drug-likeness (QED) is 0.433. The van der Waals surface area contributed by atoms with Crippen molar-refractivity contribution in [3.05, 3.63) is 66.2 Å². The Balaban J connectivity index is 1.85. The second-order valence-electron chi connectivity index (χ2n) is 6.49. The summed E-state index contributed by atoms with van der Waals surface area (Å²) in [4.78, 5) is 51.2. The molecule has 5 atom stereocenters. The number of H-pyrrole nitrogens is 2. The monoisotopic (exact) mass is 380 g/mol. The molecule has 0 radical (unpaired) electrons. The van der Waals surface area contributed by atoms with Gasteiger partial charge in [0.2, 0.25) is 0 Å². The van der Waals surface area contributed by atoms with E-state index < -0.39 is 59.2 Å². The van der Waals surface area contributed by atoms with Crippen LogP contribution in [0.25, 0.3) is 0 Å². The summed E-state index contributed by atoms with van der Waals surface area (Å²) in [6.07, 6.45) is -1.12. The Kier molecular flexibility index (Phi) is 3.99. The van der Waals surface area contributed by atoms with E-state index in [1.165, 1.54) is 12.4 Å². The predicted molar refractivity (Wildman–Crippen MR) is 87.1 cm³/mol. The first kappa shape index (κ1) is 17.6. The van der Waals surface area contributed by atoms with Gasteiger partial charge in [-0.15, -0.1) is 0 Å². The average Bonchev–Trinajstić information content (AvgIpc) is 2.79. The molecule has 2 aliphatic rings. The van der Waals surface area contributed by atoms with Gasteiger partial charge in [-0.2, -0.15) is 0 Å². The predicted octanol–water partition coefficient (Wildman–Crippen LogP) is -3.15. The topological polar surface area (TPSA) is 169 Å². The Morgan fingerprint density at radius 1 is 1.04 bits per heavy atom. The summed E-state index contributed by atoms with van der Waals surface area (Å²) in [6.45, 7) is -0.849. The molecule has 0 aromatic carbocycles. The maximum absolute atomic E-state index is 12.2. The summed E-state index contributed by atoms with van der Waals surface area (Å²) in [7, 11) is 0. The number of nitrogens with zero attached hydrogens (tertiary/aromatic N) is 2. The summed E-state index contributed by atoms with van der Waals surface area (Å²) >= 11 is 0. The molecule has 4 heterocycles. The number of aromatic amines is 2. The van der Waals surface area contributed by atoms with Crippen molar-refractivity contribution in [2.45, 2.75) is 24.2 Å². The maximum atomic E-state index is 12.2. The number of hydrogen-bond acceptors (Lipinski definition) is 8. The molecular weight excluding hydrogens is 364 g/mol. The fraction of sp³-hybridized carbons (Fsp3) is 0.467. The van der Waals surface area contributed by atoms with Gasteiger partial charge in [0.05, 0.1) is 25.2 Å². The zero-order chi connectivity index (χ0) is 19.3. The highest BCUT2D eigenvalue weighted by Gasteiger charge is 2.62. The molecule has 12 nitrogen and oxygen atoms in total. The number of aliphatic hydroxyl groups is 2. The van der Waals surface area contributed by atoms with Crippen molar-refractivity contribution in [3.63, 3.8) is 0 Å². The summed E-state index contributed by atoms with van der Waals surface area (Å²) in [5.74, 6) is -0.988. The minimum absolute atomic E-state index is 0.258. The molecule has 2 fully saturated rings. The van der Waals surface area contributed by atoms with Crippen molar-refractivity contribution < 1.29 is 19.7 Å². The highest BCUT2D eigenvalue weighted by Crippen LogP contribution is 2.50. The number of fused-ring (bicyclic) bond motifs is 2. The van der Waals surface area contributed by atoms with Gasteiger partial charge in [-0.25, -0.2) is 9.59 Å². The molecule has 2 aromatic heterocycles. The van der Waals surface area contributed by atoms with Gasteiger partial charge in [0.25, 0.3) is 11.1 Å². The van der Waals surface area contributed by atoms with Gasteiger partial charge in [0, 0.05) is 24.5 Å². The third-order valence-corrected chi connectivity index (χ3v) is 4.93. The minimum Gasteiger partial charge on any atom is -0.393 e. The van der Waals surface area contributed by atoms with Crippen LogP contribution in [-0.4, -0.2) is 54.2 Å². The molecule has 2 saturated heterocycles. The second kappa shape index (κ2) is 6.13. The van der Waals surface area contributed by atoms with Crippen molar-refractivity contribution in [1.82, 2.24) is 19.1 Å². The Labute approximate surface area is 149 Å². The molecule has 4 N–H and O–H groups in total. The lowest BCUT2D eigenvalue weighted by Crippen LogP contribution is -2.55. The molecule has 0 saturated carbocycles. The van der Waals surface area contributed by atoms with E-state index in [-0.39, 0.29) is 6.61 Å². The van der Waals surface area contributed by atoms with Gasteiger partial charge in [0.1, 0.15) is 18.1 Å². The van der Waals surface area contributed by atoms with Crippen LogP contribution in [0.1, 0.15) is 12.5 Å². The maximum Gasteiger partial charge on any atom is 0.330 e. The van der Waals surface area contributed by atoms with E-state index in [1.54, 1.807) is 0 Å². The van der Waals surface area contributed by atoms with E-state index in [0.29, 0.717) is 0 Å². The first-order valence-electron chi connectivity index (χ1n) is 8.07. The zero-order valence-corrected chi connectivity index (χ0v) is 13.8. The largest absolute Gasteiger partial charge is 0.393 e. The molecule has 2 aliphatic heterocycles. The molecular formula is C15H16N4O8. The summed E-state index contributed by atoms with van der Waals surface area (Å²) in [5.41, 5.74) is -4.26. The van der Waals surface area contributed by atoms with Crippen molar-refractivity contribution in [2.75, 3.05) is 13.2 Å². The van der Waals surface area contributed by atoms with Crippen LogP contribution < -0.4 is 22.5 Å². The number of nitrogens with one attached hydrogen (secondary N) is 2. The fourth-order valence-corrected chi connectivity index (χ4v) is 3.59. The lowest BCUT2D eigenvalue weighted by molar-refractivity contribution is -0.193. The molecule has 2 aromatic rings. The number of aromatic nitrogens is 4. The minimum atomic E-state index is -1.49. The van der Waals surface area contributed by atoms with E-state index in [1.807, 2.05) is 0 Å². The van der Waals surface area contributed by atoms with E-state index in [9.17, 15) is 29.4 Å². The van der Waals surface area contributed by atoms with Crippen LogP contribution in [0, 0.1) is 5.92 Å². The number of ether oxygens (including phenoxy) is 2. The van der Waals surface area contributed by atoms with Gasteiger partial charge in [-0.05, 0) is 0 Å². The van der Waals surface area contributed by atoms with Crippen LogP contribution >= 0.6 is 0 Å². The lowest BCUT2D eigenvalue weighted by Gasteiger charge is -2.38. The normalized spacial score (nSPS) is 32.5. The molecule has 4 rings (SSSR count). The van der Waals surface area contributed by atoms with E-state index in [2.05, 4.69) is 9.97 Å². The van der Waals surface area contributed by atoms with Crippen LogP contribution in [0.4, 0.5) is 0 Å². The molecule has 12 heteroatoms. The molecule has 144 valence electrons. The van der Waals surface area contributed by atoms with Crippen LogP contribution in [-0.2, 0) is 9.47 Å². The smallest absolute Gasteiger partial charge is 0.330 e. The van der Waals surface area contributed by atoms with Crippen LogP contribution in [0.5, 0.6) is 0 Å².